The van der Waals surface area contributed by atoms with Gasteiger partial charge in [-0.05, 0) is 25.1 Å². The van der Waals surface area contributed by atoms with Gasteiger partial charge in [0.05, 0.1) is 16.4 Å². The Morgan fingerprint density at radius 3 is 2.64 bits per heavy atom. The fourth-order valence-electron chi connectivity index (χ4n) is 2.30. The summed E-state index contributed by atoms with van der Waals surface area (Å²) in [7, 11) is -2.85. The number of nitro groups is 1. The summed E-state index contributed by atoms with van der Waals surface area (Å²) in [6.07, 6.45) is 0.778. The Balaban J connectivity index is 1.79. The van der Waals surface area contributed by atoms with E-state index in [2.05, 4.69) is 10.2 Å². The normalized spacial score (nSPS) is 18.0. The number of rotatable bonds is 6. The van der Waals surface area contributed by atoms with Crippen LogP contribution in [0.1, 0.15) is 6.42 Å². The zero-order valence-corrected chi connectivity index (χ0v) is 13.6. The van der Waals surface area contributed by atoms with Crippen molar-refractivity contribution in [2.75, 3.05) is 43.0 Å². The molecule has 0 aromatic heterocycles. The molecular weight excluding hydrogens is 330 g/mol. The molecule has 1 aromatic rings. The van der Waals surface area contributed by atoms with E-state index in [4.69, 9.17) is 11.6 Å². The third-order valence-corrected chi connectivity index (χ3v) is 5.40. The molecule has 0 unspecified atom stereocenters. The van der Waals surface area contributed by atoms with Gasteiger partial charge in [-0.2, -0.15) is 0 Å². The lowest BCUT2D eigenvalue weighted by molar-refractivity contribution is -0.383. The molecule has 0 saturated carbocycles. The Labute approximate surface area is 134 Å². The predicted molar refractivity (Wildman–Crippen MR) is 86.3 cm³/mol. The minimum atomic E-state index is -2.85. The molecule has 1 N–H and O–H groups in total. The molecular formula is C13H18ClN3O4S. The Morgan fingerprint density at radius 1 is 1.32 bits per heavy atom. The second-order valence-electron chi connectivity index (χ2n) is 5.19. The van der Waals surface area contributed by atoms with E-state index in [1.165, 1.54) is 6.07 Å². The molecule has 1 fully saturated rings. The van der Waals surface area contributed by atoms with Gasteiger partial charge in [-0.15, -0.1) is 0 Å². The maximum Gasteiger partial charge on any atom is 0.293 e. The largest absolute Gasteiger partial charge is 0.379 e. The Morgan fingerprint density at radius 2 is 2.00 bits per heavy atom. The third kappa shape index (κ3) is 4.82. The molecule has 9 heteroatoms. The SMILES string of the molecule is O=[N+]([O-])c1cc(Cl)ccc1NCCCN1CCS(=O)(=O)CC1. The molecule has 1 saturated heterocycles. The summed E-state index contributed by atoms with van der Waals surface area (Å²) < 4.78 is 22.7. The first-order valence-electron chi connectivity index (χ1n) is 6.98. The molecule has 1 aliphatic rings. The number of anilines is 1. The molecule has 1 heterocycles. The van der Waals surface area contributed by atoms with Gasteiger partial charge in [0.2, 0.25) is 0 Å². The lowest BCUT2D eigenvalue weighted by atomic mass is 10.2. The summed E-state index contributed by atoms with van der Waals surface area (Å²) in [5, 5.41) is 14.3. The number of hydrogen-bond donors (Lipinski definition) is 1. The Kier molecular flexibility index (Phi) is 5.60. The second-order valence-corrected chi connectivity index (χ2v) is 7.93. The van der Waals surface area contributed by atoms with Crippen LogP contribution in [0.25, 0.3) is 0 Å². The first-order chi connectivity index (χ1) is 10.4. The Bertz CT molecular complexity index is 637. The zero-order valence-electron chi connectivity index (χ0n) is 12.0. The van der Waals surface area contributed by atoms with Gasteiger partial charge in [-0.3, -0.25) is 10.1 Å². The monoisotopic (exact) mass is 347 g/mol. The van der Waals surface area contributed by atoms with Crippen molar-refractivity contribution in [3.8, 4) is 0 Å². The molecule has 0 amide bonds. The number of nitro benzene ring substituents is 1. The van der Waals surface area contributed by atoms with Crippen molar-refractivity contribution >= 4 is 32.8 Å². The fraction of sp³-hybridized carbons (Fsp3) is 0.538. The molecule has 0 radical (unpaired) electrons. The molecule has 1 aliphatic heterocycles. The van der Waals surface area contributed by atoms with Gasteiger partial charge in [-0.1, -0.05) is 11.6 Å². The van der Waals surface area contributed by atoms with Crippen LogP contribution in [0.15, 0.2) is 18.2 Å². The topological polar surface area (TPSA) is 92.6 Å². The summed E-state index contributed by atoms with van der Waals surface area (Å²) in [5.41, 5.74) is 0.396. The summed E-state index contributed by atoms with van der Waals surface area (Å²) >= 11 is 5.76. The highest BCUT2D eigenvalue weighted by Gasteiger charge is 2.21. The molecule has 122 valence electrons. The van der Waals surface area contributed by atoms with Crippen molar-refractivity contribution in [2.24, 2.45) is 0 Å². The van der Waals surface area contributed by atoms with Crippen LogP contribution in [-0.2, 0) is 9.84 Å². The predicted octanol–water partition coefficient (Wildman–Crippen LogP) is 1.78. The number of sulfone groups is 1. The lowest BCUT2D eigenvalue weighted by Gasteiger charge is -2.26. The van der Waals surface area contributed by atoms with Crippen LogP contribution in [0.2, 0.25) is 5.02 Å². The van der Waals surface area contributed by atoms with Gasteiger partial charge in [0.1, 0.15) is 5.69 Å². The van der Waals surface area contributed by atoms with E-state index in [9.17, 15) is 18.5 Å². The van der Waals surface area contributed by atoms with Crippen LogP contribution in [-0.4, -0.2) is 55.9 Å². The number of nitrogens with zero attached hydrogens (tertiary/aromatic N) is 2. The number of benzene rings is 1. The highest BCUT2D eigenvalue weighted by atomic mass is 35.5. The summed E-state index contributed by atoms with van der Waals surface area (Å²) in [5.74, 6) is 0.423. The highest BCUT2D eigenvalue weighted by molar-refractivity contribution is 7.91. The lowest BCUT2D eigenvalue weighted by Crippen LogP contribution is -2.41. The first-order valence-corrected chi connectivity index (χ1v) is 9.18. The van der Waals surface area contributed by atoms with Crippen molar-refractivity contribution in [3.63, 3.8) is 0 Å². The van der Waals surface area contributed by atoms with Crippen LogP contribution < -0.4 is 5.32 Å². The number of halogens is 1. The van der Waals surface area contributed by atoms with Crippen molar-refractivity contribution < 1.29 is 13.3 Å². The van der Waals surface area contributed by atoms with Gasteiger partial charge < -0.3 is 10.2 Å². The highest BCUT2D eigenvalue weighted by Crippen LogP contribution is 2.27. The quantitative estimate of drug-likeness (QED) is 0.479. The molecule has 1 aromatic carbocycles. The average Bonchev–Trinajstić information content (AvgIpc) is 2.46. The van der Waals surface area contributed by atoms with Crippen LogP contribution >= 0.6 is 11.6 Å². The minimum Gasteiger partial charge on any atom is -0.379 e. The maximum absolute atomic E-state index is 11.3. The van der Waals surface area contributed by atoms with Crippen LogP contribution in [0.4, 0.5) is 11.4 Å². The number of hydrogen-bond acceptors (Lipinski definition) is 6. The zero-order chi connectivity index (χ0) is 16.2. The van der Waals surface area contributed by atoms with E-state index in [0.717, 1.165) is 13.0 Å². The maximum atomic E-state index is 11.3. The molecule has 2 rings (SSSR count). The summed E-state index contributed by atoms with van der Waals surface area (Å²) in [4.78, 5) is 12.6. The van der Waals surface area contributed by atoms with Gasteiger partial charge >= 0.3 is 0 Å². The molecule has 22 heavy (non-hydrogen) atoms. The second kappa shape index (κ2) is 7.26. The summed E-state index contributed by atoms with van der Waals surface area (Å²) in [6.45, 7) is 2.46. The fourth-order valence-corrected chi connectivity index (χ4v) is 3.75. The molecule has 0 atom stereocenters. The van der Waals surface area contributed by atoms with E-state index in [-0.39, 0.29) is 17.2 Å². The third-order valence-electron chi connectivity index (χ3n) is 3.56. The van der Waals surface area contributed by atoms with Gasteiger partial charge in [0, 0.05) is 30.7 Å². The Hall–Kier alpha value is -1.38. The van der Waals surface area contributed by atoms with Crippen molar-refractivity contribution in [1.29, 1.82) is 0 Å². The van der Waals surface area contributed by atoms with Crippen molar-refractivity contribution in [3.05, 3.63) is 33.3 Å². The molecule has 7 nitrogen and oxygen atoms in total. The van der Waals surface area contributed by atoms with Crippen molar-refractivity contribution in [2.45, 2.75) is 6.42 Å². The van der Waals surface area contributed by atoms with Crippen LogP contribution in [0.5, 0.6) is 0 Å². The van der Waals surface area contributed by atoms with Crippen molar-refractivity contribution in [1.82, 2.24) is 4.90 Å². The minimum absolute atomic E-state index is 0.0448. The van der Waals surface area contributed by atoms with Crippen LogP contribution in [0, 0.1) is 10.1 Å². The smallest absolute Gasteiger partial charge is 0.293 e. The van der Waals surface area contributed by atoms with Gasteiger partial charge in [-0.25, -0.2) is 8.42 Å². The molecule has 0 spiro atoms. The van der Waals surface area contributed by atoms with Gasteiger partial charge in [0.25, 0.3) is 5.69 Å². The van der Waals surface area contributed by atoms with E-state index in [0.29, 0.717) is 30.3 Å². The molecule has 0 aliphatic carbocycles. The van der Waals surface area contributed by atoms with Crippen LogP contribution in [0.3, 0.4) is 0 Å². The van der Waals surface area contributed by atoms with E-state index in [1.54, 1.807) is 12.1 Å². The van der Waals surface area contributed by atoms with Gasteiger partial charge in [0.15, 0.2) is 9.84 Å². The number of nitrogens with one attached hydrogen (secondary N) is 1. The molecule has 0 bridgehead atoms. The van der Waals surface area contributed by atoms with E-state index < -0.39 is 14.8 Å². The standard InChI is InChI=1S/C13H18ClN3O4S/c14-11-2-3-12(13(10-11)17(18)19)15-4-1-5-16-6-8-22(20,21)9-7-16/h2-3,10,15H,1,4-9H2. The average molecular weight is 348 g/mol. The first kappa shape index (κ1) is 17.0. The van der Waals surface area contributed by atoms with E-state index in [1.807, 2.05) is 0 Å². The summed E-state index contributed by atoms with van der Waals surface area (Å²) in [6, 6.07) is 4.51. The van der Waals surface area contributed by atoms with E-state index >= 15 is 0 Å².